The van der Waals surface area contributed by atoms with Gasteiger partial charge < -0.3 is 10.1 Å². The molecule has 0 radical (unpaired) electrons. The van der Waals surface area contributed by atoms with Crippen LogP contribution in [-0.2, 0) is 9.53 Å². The van der Waals surface area contributed by atoms with Crippen LogP contribution in [0, 0.1) is 6.92 Å². The number of benzene rings is 1. The molecule has 0 aliphatic rings. The largest absolute Gasteiger partial charge is 0.465 e. The van der Waals surface area contributed by atoms with Crippen molar-refractivity contribution in [2.45, 2.75) is 26.8 Å². The second-order valence-electron chi connectivity index (χ2n) is 3.82. The summed E-state index contributed by atoms with van der Waals surface area (Å²) < 4.78 is 4.85. The van der Waals surface area contributed by atoms with Crippen LogP contribution in [-0.4, -0.2) is 19.1 Å². The number of hydrogen-bond acceptors (Lipinski definition) is 3. The van der Waals surface area contributed by atoms with Gasteiger partial charge in [-0.05, 0) is 26.3 Å². The average Bonchev–Trinajstić information content (AvgIpc) is 2.27. The molecule has 1 atom stereocenters. The molecule has 0 bridgehead atoms. The third-order valence-corrected chi connectivity index (χ3v) is 2.44. The Bertz CT molecular complexity index is 332. The van der Waals surface area contributed by atoms with Crippen LogP contribution in [0.4, 0.5) is 0 Å². The van der Waals surface area contributed by atoms with Gasteiger partial charge in [0, 0.05) is 6.04 Å². The van der Waals surface area contributed by atoms with Crippen LogP contribution in [0.15, 0.2) is 24.3 Å². The number of ether oxygens (including phenoxy) is 1. The van der Waals surface area contributed by atoms with Crippen LogP contribution in [0.1, 0.15) is 31.0 Å². The van der Waals surface area contributed by atoms with Crippen LogP contribution in [0.5, 0.6) is 0 Å². The molecule has 0 heterocycles. The minimum Gasteiger partial charge on any atom is -0.465 e. The van der Waals surface area contributed by atoms with Gasteiger partial charge in [0.1, 0.15) is 0 Å². The van der Waals surface area contributed by atoms with E-state index in [9.17, 15) is 4.79 Å². The van der Waals surface area contributed by atoms with Crippen molar-refractivity contribution in [3.05, 3.63) is 35.4 Å². The fourth-order valence-electron chi connectivity index (χ4n) is 1.42. The summed E-state index contributed by atoms with van der Waals surface area (Å²) in [6.07, 6.45) is 0. The first-order chi connectivity index (χ1) is 7.63. The number of hydrogen-bond donors (Lipinski definition) is 1. The van der Waals surface area contributed by atoms with E-state index in [-0.39, 0.29) is 18.6 Å². The Morgan fingerprint density at radius 1 is 1.38 bits per heavy atom. The minimum absolute atomic E-state index is 0.157. The van der Waals surface area contributed by atoms with Gasteiger partial charge in [0.05, 0.1) is 13.2 Å². The molecule has 1 aromatic carbocycles. The summed E-state index contributed by atoms with van der Waals surface area (Å²) in [7, 11) is 0. The van der Waals surface area contributed by atoms with E-state index in [1.54, 1.807) is 6.92 Å². The monoisotopic (exact) mass is 221 g/mol. The van der Waals surface area contributed by atoms with Gasteiger partial charge in [0.25, 0.3) is 0 Å². The number of carbonyl (C=O) groups excluding carboxylic acids is 1. The van der Waals surface area contributed by atoms with Gasteiger partial charge in [-0.15, -0.1) is 0 Å². The lowest BCUT2D eigenvalue weighted by molar-refractivity contribution is -0.142. The van der Waals surface area contributed by atoms with Crippen molar-refractivity contribution < 1.29 is 9.53 Å². The Kier molecular flexibility index (Phi) is 4.99. The van der Waals surface area contributed by atoms with E-state index >= 15 is 0 Å². The zero-order chi connectivity index (χ0) is 12.0. The third kappa shape index (κ3) is 4.03. The standard InChI is InChI=1S/C13H19NO2/c1-4-16-13(15)9-14-11(3)12-7-5-10(2)6-8-12/h5-8,11,14H,4,9H2,1-3H3/t11-/m1/s1. The lowest BCUT2D eigenvalue weighted by Gasteiger charge is -2.13. The lowest BCUT2D eigenvalue weighted by Crippen LogP contribution is -2.27. The number of esters is 1. The molecule has 16 heavy (non-hydrogen) atoms. The summed E-state index contributed by atoms with van der Waals surface area (Å²) in [5.74, 6) is -0.207. The van der Waals surface area contributed by atoms with Crippen LogP contribution in [0.2, 0.25) is 0 Å². The topological polar surface area (TPSA) is 38.3 Å². The third-order valence-electron chi connectivity index (χ3n) is 2.44. The summed E-state index contributed by atoms with van der Waals surface area (Å²) in [4.78, 5) is 11.1. The van der Waals surface area contributed by atoms with E-state index in [2.05, 4.69) is 36.5 Å². The number of nitrogens with one attached hydrogen (secondary N) is 1. The van der Waals surface area contributed by atoms with Crippen molar-refractivity contribution in [3.63, 3.8) is 0 Å². The fourth-order valence-corrected chi connectivity index (χ4v) is 1.42. The van der Waals surface area contributed by atoms with Crippen molar-refractivity contribution in [2.75, 3.05) is 13.2 Å². The average molecular weight is 221 g/mol. The Morgan fingerprint density at radius 3 is 2.56 bits per heavy atom. The molecule has 1 aromatic rings. The highest BCUT2D eigenvalue weighted by atomic mass is 16.5. The predicted octanol–water partition coefficient (Wildman–Crippen LogP) is 2.21. The van der Waals surface area contributed by atoms with E-state index in [1.807, 2.05) is 6.92 Å². The summed E-state index contributed by atoms with van der Waals surface area (Å²) in [5.41, 5.74) is 2.41. The van der Waals surface area contributed by atoms with Crippen LogP contribution < -0.4 is 5.32 Å². The maximum atomic E-state index is 11.1. The van der Waals surface area contributed by atoms with Gasteiger partial charge in [-0.1, -0.05) is 29.8 Å². The number of aryl methyl sites for hydroxylation is 1. The van der Waals surface area contributed by atoms with E-state index in [1.165, 1.54) is 11.1 Å². The number of rotatable bonds is 5. The highest BCUT2D eigenvalue weighted by molar-refractivity contribution is 5.71. The normalized spacial score (nSPS) is 12.2. The summed E-state index contributed by atoms with van der Waals surface area (Å²) in [6.45, 7) is 6.58. The molecule has 0 fully saturated rings. The van der Waals surface area contributed by atoms with E-state index < -0.39 is 0 Å². The molecular formula is C13H19NO2. The lowest BCUT2D eigenvalue weighted by atomic mass is 10.1. The molecule has 1 rings (SSSR count). The van der Waals surface area contributed by atoms with Crippen molar-refractivity contribution in [3.8, 4) is 0 Å². The molecular weight excluding hydrogens is 202 g/mol. The van der Waals surface area contributed by atoms with Crippen molar-refractivity contribution >= 4 is 5.97 Å². The van der Waals surface area contributed by atoms with Gasteiger partial charge in [0.15, 0.2) is 0 Å². The molecule has 0 aliphatic heterocycles. The molecule has 88 valence electrons. The molecule has 1 N–H and O–H groups in total. The molecule has 0 saturated heterocycles. The highest BCUT2D eigenvalue weighted by Gasteiger charge is 2.07. The van der Waals surface area contributed by atoms with Gasteiger partial charge in [-0.25, -0.2) is 0 Å². The fraction of sp³-hybridized carbons (Fsp3) is 0.462. The highest BCUT2D eigenvalue weighted by Crippen LogP contribution is 2.12. The smallest absolute Gasteiger partial charge is 0.319 e. The maximum absolute atomic E-state index is 11.1. The van der Waals surface area contributed by atoms with E-state index in [0.29, 0.717) is 6.61 Å². The van der Waals surface area contributed by atoms with E-state index in [4.69, 9.17) is 4.74 Å². The first kappa shape index (κ1) is 12.7. The van der Waals surface area contributed by atoms with Crippen LogP contribution >= 0.6 is 0 Å². The number of carbonyl (C=O) groups is 1. The van der Waals surface area contributed by atoms with Crippen molar-refractivity contribution in [1.82, 2.24) is 5.32 Å². The Labute approximate surface area is 96.8 Å². The second-order valence-corrected chi connectivity index (χ2v) is 3.82. The van der Waals surface area contributed by atoms with E-state index in [0.717, 1.165) is 0 Å². The first-order valence-electron chi connectivity index (χ1n) is 5.59. The molecule has 0 aliphatic carbocycles. The quantitative estimate of drug-likeness (QED) is 0.775. The molecule has 0 unspecified atom stereocenters. The van der Waals surface area contributed by atoms with Crippen LogP contribution in [0.3, 0.4) is 0 Å². The van der Waals surface area contributed by atoms with Gasteiger partial charge >= 0.3 is 5.97 Å². The summed E-state index contributed by atoms with van der Waals surface area (Å²) >= 11 is 0. The molecule has 0 spiro atoms. The molecule has 3 heteroatoms. The van der Waals surface area contributed by atoms with Gasteiger partial charge in [-0.3, -0.25) is 4.79 Å². The van der Waals surface area contributed by atoms with Crippen LogP contribution in [0.25, 0.3) is 0 Å². The van der Waals surface area contributed by atoms with Crippen molar-refractivity contribution in [2.24, 2.45) is 0 Å². The maximum Gasteiger partial charge on any atom is 0.319 e. The zero-order valence-electron chi connectivity index (χ0n) is 10.1. The molecule has 0 saturated carbocycles. The van der Waals surface area contributed by atoms with Crippen molar-refractivity contribution in [1.29, 1.82) is 0 Å². The Balaban J connectivity index is 2.43. The molecule has 0 aromatic heterocycles. The SMILES string of the molecule is CCOC(=O)CN[C@H](C)c1ccc(C)cc1. The second kappa shape index (κ2) is 6.28. The summed E-state index contributed by atoms with van der Waals surface area (Å²) in [5, 5.41) is 3.13. The van der Waals surface area contributed by atoms with Gasteiger partial charge in [0.2, 0.25) is 0 Å². The molecule has 0 amide bonds. The first-order valence-corrected chi connectivity index (χ1v) is 5.59. The van der Waals surface area contributed by atoms with Gasteiger partial charge in [-0.2, -0.15) is 0 Å². The Hall–Kier alpha value is -1.35. The zero-order valence-corrected chi connectivity index (χ0v) is 10.1. The minimum atomic E-state index is -0.207. The Morgan fingerprint density at radius 2 is 2.00 bits per heavy atom. The summed E-state index contributed by atoms with van der Waals surface area (Å²) in [6, 6.07) is 8.43. The predicted molar refractivity (Wildman–Crippen MR) is 64.2 cm³/mol. The molecule has 3 nitrogen and oxygen atoms in total.